The van der Waals surface area contributed by atoms with E-state index in [1.165, 1.54) is 0 Å². The van der Waals surface area contributed by atoms with Crippen LogP contribution >= 0.6 is 0 Å². The molecular formula is C19H25N3O2. The van der Waals surface area contributed by atoms with E-state index in [9.17, 15) is 9.90 Å². The monoisotopic (exact) mass is 327 g/mol. The molecule has 0 unspecified atom stereocenters. The minimum Gasteiger partial charge on any atom is -0.394 e. The second-order valence-corrected chi connectivity index (χ2v) is 7.04. The largest absolute Gasteiger partial charge is 0.394 e. The number of hydrogen-bond acceptors (Lipinski definition) is 4. The van der Waals surface area contributed by atoms with Crippen LogP contribution in [-0.4, -0.2) is 45.6 Å². The van der Waals surface area contributed by atoms with E-state index in [-0.39, 0.29) is 24.0 Å². The number of benzene rings is 1. The summed E-state index contributed by atoms with van der Waals surface area (Å²) in [5, 5.41) is 9.66. The smallest absolute Gasteiger partial charge is 0.257 e. The van der Waals surface area contributed by atoms with Gasteiger partial charge in [0.2, 0.25) is 0 Å². The summed E-state index contributed by atoms with van der Waals surface area (Å²) < 4.78 is 0. The summed E-state index contributed by atoms with van der Waals surface area (Å²) in [6.07, 6.45) is 1.57. The van der Waals surface area contributed by atoms with Crippen LogP contribution in [0.25, 0.3) is 11.4 Å². The van der Waals surface area contributed by atoms with Gasteiger partial charge in [0.1, 0.15) is 0 Å². The lowest BCUT2D eigenvalue weighted by atomic mass is 9.86. The molecule has 1 amide bonds. The number of rotatable bonds is 4. The van der Waals surface area contributed by atoms with Gasteiger partial charge in [-0.2, -0.15) is 0 Å². The zero-order valence-corrected chi connectivity index (χ0v) is 14.9. The number of hydrogen-bond donors (Lipinski definition) is 1. The Morgan fingerprint density at radius 1 is 1.25 bits per heavy atom. The summed E-state index contributed by atoms with van der Waals surface area (Å²) in [6.45, 7) is 7.71. The Balaban J connectivity index is 2.31. The Hall–Kier alpha value is -2.27. The third kappa shape index (κ3) is 3.79. The van der Waals surface area contributed by atoms with Crippen LogP contribution in [-0.2, 0) is 0 Å². The van der Waals surface area contributed by atoms with Crippen LogP contribution in [0.1, 0.15) is 36.8 Å². The SMILES string of the molecule is Cc1nc(-c2ccccc2)ncc1C(=O)N(C)[C@H](CO)C(C)(C)C. The Morgan fingerprint density at radius 2 is 1.88 bits per heavy atom. The molecule has 128 valence electrons. The molecule has 0 aliphatic heterocycles. The summed E-state index contributed by atoms with van der Waals surface area (Å²) in [5.74, 6) is 0.419. The van der Waals surface area contributed by atoms with Gasteiger partial charge in [-0.05, 0) is 12.3 Å². The van der Waals surface area contributed by atoms with Crippen molar-refractivity contribution in [2.45, 2.75) is 33.7 Å². The Morgan fingerprint density at radius 3 is 2.38 bits per heavy atom. The lowest BCUT2D eigenvalue weighted by Gasteiger charge is -2.36. The zero-order valence-electron chi connectivity index (χ0n) is 14.9. The fourth-order valence-electron chi connectivity index (χ4n) is 2.71. The Labute approximate surface area is 143 Å². The molecule has 1 aromatic heterocycles. The number of aromatic nitrogens is 2. The van der Waals surface area contributed by atoms with E-state index in [1.807, 2.05) is 51.1 Å². The number of nitrogens with zero attached hydrogens (tertiary/aromatic N) is 3. The normalized spacial score (nSPS) is 12.8. The van der Waals surface area contributed by atoms with Gasteiger partial charge < -0.3 is 10.0 Å². The van der Waals surface area contributed by atoms with Gasteiger partial charge in [0.05, 0.1) is 23.9 Å². The van der Waals surface area contributed by atoms with Crippen molar-refractivity contribution < 1.29 is 9.90 Å². The Bertz CT molecular complexity index is 708. The minimum atomic E-state index is -0.279. The first-order chi connectivity index (χ1) is 11.3. The first-order valence-corrected chi connectivity index (χ1v) is 8.02. The van der Waals surface area contributed by atoms with Crippen LogP contribution in [0.4, 0.5) is 0 Å². The number of aliphatic hydroxyl groups is 1. The van der Waals surface area contributed by atoms with Crippen LogP contribution in [0.2, 0.25) is 0 Å². The van der Waals surface area contributed by atoms with Crippen molar-refractivity contribution in [3.05, 3.63) is 47.8 Å². The molecule has 24 heavy (non-hydrogen) atoms. The average molecular weight is 327 g/mol. The van der Waals surface area contributed by atoms with E-state index in [0.29, 0.717) is 17.1 Å². The van der Waals surface area contributed by atoms with Gasteiger partial charge in [0.25, 0.3) is 5.91 Å². The molecule has 0 spiro atoms. The van der Waals surface area contributed by atoms with Gasteiger partial charge in [0, 0.05) is 18.8 Å². The summed E-state index contributed by atoms with van der Waals surface area (Å²) in [6, 6.07) is 9.38. The number of amides is 1. The molecule has 0 saturated heterocycles. The molecule has 5 nitrogen and oxygen atoms in total. The van der Waals surface area contributed by atoms with Gasteiger partial charge in [-0.3, -0.25) is 4.79 Å². The first kappa shape index (κ1) is 18.1. The molecule has 0 aliphatic rings. The molecule has 2 rings (SSSR count). The van der Waals surface area contributed by atoms with Crippen molar-refractivity contribution in [1.82, 2.24) is 14.9 Å². The number of carbonyl (C=O) groups excluding carboxylic acids is 1. The molecule has 0 bridgehead atoms. The number of aryl methyl sites for hydroxylation is 1. The predicted molar refractivity (Wildman–Crippen MR) is 94.6 cm³/mol. The van der Waals surface area contributed by atoms with Gasteiger partial charge in [0.15, 0.2) is 5.82 Å². The van der Waals surface area contributed by atoms with E-state index in [0.717, 1.165) is 5.56 Å². The topological polar surface area (TPSA) is 66.3 Å². The Kier molecular flexibility index (Phi) is 5.34. The van der Waals surface area contributed by atoms with E-state index >= 15 is 0 Å². The van der Waals surface area contributed by atoms with Crippen molar-refractivity contribution in [2.75, 3.05) is 13.7 Å². The maximum absolute atomic E-state index is 12.8. The number of likely N-dealkylation sites (N-methyl/N-ethyl adjacent to an activating group) is 1. The highest BCUT2D eigenvalue weighted by atomic mass is 16.3. The molecule has 0 saturated carbocycles. The maximum Gasteiger partial charge on any atom is 0.257 e. The van der Waals surface area contributed by atoms with Gasteiger partial charge in [-0.25, -0.2) is 9.97 Å². The highest BCUT2D eigenvalue weighted by Crippen LogP contribution is 2.25. The van der Waals surface area contributed by atoms with Crippen molar-refractivity contribution in [1.29, 1.82) is 0 Å². The highest BCUT2D eigenvalue weighted by molar-refractivity contribution is 5.95. The van der Waals surface area contributed by atoms with Crippen LogP contribution in [0, 0.1) is 12.3 Å². The van der Waals surface area contributed by atoms with Crippen LogP contribution < -0.4 is 0 Å². The second kappa shape index (κ2) is 7.09. The standard InChI is InChI=1S/C19H25N3O2/c1-13-15(18(24)22(5)16(12-23)19(2,3)4)11-20-17(21-13)14-9-7-6-8-10-14/h6-11,16,23H,12H2,1-5H3/t16-/m1/s1. The molecule has 1 heterocycles. The van der Waals surface area contributed by atoms with Gasteiger partial charge >= 0.3 is 0 Å². The zero-order chi connectivity index (χ0) is 17.9. The summed E-state index contributed by atoms with van der Waals surface area (Å²) >= 11 is 0. The lowest BCUT2D eigenvalue weighted by molar-refractivity contribution is 0.0432. The number of aliphatic hydroxyl groups excluding tert-OH is 1. The molecule has 2 aromatic rings. The van der Waals surface area contributed by atoms with E-state index in [4.69, 9.17) is 0 Å². The molecule has 5 heteroatoms. The van der Waals surface area contributed by atoms with E-state index < -0.39 is 0 Å². The first-order valence-electron chi connectivity index (χ1n) is 8.02. The third-order valence-corrected chi connectivity index (χ3v) is 4.20. The fraction of sp³-hybridized carbons (Fsp3) is 0.421. The summed E-state index contributed by atoms with van der Waals surface area (Å²) in [5.41, 5.74) is 1.78. The van der Waals surface area contributed by atoms with E-state index in [1.54, 1.807) is 25.1 Å². The molecule has 1 N–H and O–H groups in total. The van der Waals surface area contributed by atoms with E-state index in [2.05, 4.69) is 9.97 Å². The van der Waals surface area contributed by atoms with Crippen LogP contribution in [0.3, 0.4) is 0 Å². The molecule has 1 aromatic carbocycles. The highest BCUT2D eigenvalue weighted by Gasteiger charge is 2.31. The fourth-order valence-corrected chi connectivity index (χ4v) is 2.71. The van der Waals surface area contributed by atoms with Crippen molar-refractivity contribution in [3.8, 4) is 11.4 Å². The molecule has 0 fully saturated rings. The molecule has 0 aliphatic carbocycles. The summed E-state index contributed by atoms with van der Waals surface area (Å²) in [4.78, 5) is 23.2. The van der Waals surface area contributed by atoms with Gasteiger partial charge in [-0.15, -0.1) is 0 Å². The predicted octanol–water partition coefficient (Wildman–Crippen LogP) is 2.93. The van der Waals surface area contributed by atoms with Crippen LogP contribution in [0.5, 0.6) is 0 Å². The molecule has 1 atom stereocenters. The maximum atomic E-state index is 12.8. The summed E-state index contributed by atoms with van der Waals surface area (Å²) in [7, 11) is 1.71. The molecule has 0 radical (unpaired) electrons. The average Bonchev–Trinajstić information content (AvgIpc) is 2.54. The minimum absolute atomic E-state index is 0.0895. The third-order valence-electron chi connectivity index (χ3n) is 4.20. The van der Waals surface area contributed by atoms with Crippen molar-refractivity contribution >= 4 is 5.91 Å². The second-order valence-electron chi connectivity index (χ2n) is 7.04. The van der Waals surface area contributed by atoms with Crippen molar-refractivity contribution in [3.63, 3.8) is 0 Å². The quantitative estimate of drug-likeness (QED) is 0.937. The lowest BCUT2D eigenvalue weighted by Crippen LogP contribution is -2.47. The molecular weight excluding hydrogens is 302 g/mol. The van der Waals surface area contributed by atoms with Crippen LogP contribution in [0.15, 0.2) is 36.5 Å². The van der Waals surface area contributed by atoms with Gasteiger partial charge in [-0.1, -0.05) is 51.1 Å². The van der Waals surface area contributed by atoms with Crippen molar-refractivity contribution in [2.24, 2.45) is 5.41 Å². The number of carbonyl (C=O) groups is 1.